The molecule has 2 aromatic carbocycles. The normalized spacial score (nSPS) is 15.0. The fourth-order valence-corrected chi connectivity index (χ4v) is 4.94. The van der Waals surface area contributed by atoms with Crippen LogP contribution in [0, 0.1) is 34.6 Å². The Bertz CT molecular complexity index is 1110. The predicted molar refractivity (Wildman–Crippen MR) is 147 cm³/mol. The van der Waals surface area contributed by atoms with Crippen molar-refractivity contribution in [3.63, 3.8) is 0 Å². The van der Waals surface area contributed by atoms with Crippen LogP contribution in [0.1, 0.15) is 54.5 Å². The Labute approximate surface area is 216 Å². The number of amides is 2. The molecule has 7 nitrogen and oxygen atoms in total. The lowest BCUT2D eigenvalue weighted by atomic mass is 9.99. The number of likely N-dealkylation sites (N-methyl/N-ethyl adjacent to an activating group) is 1. The van der Waals surface area contributed by atoms with Crippen molar-refractivity contribution >= 4 is 23.2 Å². The standard InChI is InChI=1S/C29H42N4O3/c1-18-10-9-11-19(2)27(18)31-25(34)17-33-14-12-23(13-15-33)32(8)28(35)29(6,7)36-24-16-20(3)26(30)22(5)21(24)4/h9-11,16,23H,12-15,17,30H2,1-8H3,(H,31,34). The number of nitrogens with two attached hydrogens (primary N) is 1. The predicted octanol–water partition coefficient (Wildman–Crippen LogP) is 4.53. The third kappa shape index (κ3) is 6.01. The molecule has 1 heterocycles. The van der Waals surface area contributed by atoms with E-state index in [0.717, 1.165) is 65.1 Å². The molecule has 0 aliphatic carbocycles. The van der Waals surface area contributed by atoms with Crippen molar-refractivity contribution in [1.29, 1.82) is 0 Å². The van der Waals surface area contributed by atoms with Crippen LogP contribution in [-0.2, 0) is 9.59 Å². The largest absolute Gasteiger partial charge is 0.478 e. The molecule has 2 aromatic rings. The van der Waals surface area contributed by atoms with E-state index in [4.69, 9.17) is 10.5 Å². The van der Waals surface area contributed by atoms with Gasteiger partial charge in [-0.2, -0.15) is 0 Å². The van der Waals surface area contributed by atoms with Crippen LogP contribution in [0.2, 0.25) is 0 Å². The molecule has 3 N–H and O–H groups in total. The van der Waals surface area contributed by atoms with E-state index >= 15 is 0 Å². The third-order valence-electron chi connectivity index (χ3n) is 7.53. The summed E-state index contributed by atoms with van der Waals surface area (Å²) in [5.41, 5.74) is 11.8. The maximum Gasteiger partial charge on any atom is 0.266 e. The van der Waals surface area contributed by atoms with Crippen molar-refractivity contribution in [3.05, 3.63) is 52.1 Å². The highest BCUT2D eigenvalue weighted by Crippen LogP contribution is 2.32. The second-order valence-corrected chi connectivity index (χ2v) is 10.7. The molecule has 196 valence electrons. The van der Waals surface area contributed by atoms with Crippen LogP contribution in [0.25, 0.3) is 0 Å². The highest BCUT2D eigenvalue weighted by atomic mass is 16.5. The molecule has 0 radical (unpaired) electrons. The Morgan fingerprint density at radius 2 is 1.64 bits per heavy atom. The number of nitrogens with zero attached hydrogens (tertiary/aromatic N) is 2. The fraction of sp³-hybridized carbons (Fsp3) is 0.517. The summed E-state index contributed by atoms with van der Waals surface area (Å²) in [5.74, 6) is 0.630. The van der Waals surface area contributed by atoms with Gasteiger partial charge in [-0.05, 0) is 95.2 Å². The van der Waals surface area contributed by atoms with Crippen LogP contribution in [0.4, 0.5) is 11.4 Å². The van der Waals surface area contributed by atoms with E-state index in [1.54, 1.807) is 0 Å². The van der Waals surface area contributed by atoms with E-state index in [9.17, 15) is 9.59 Å². The number of piperidine rings is 1. The highest BCUT2D eigenvalue weighted by Gasteiger charge is 2.37. The van der Waals surface area contributed by atoms with Crippen molar-refractivity contribution in [2.24, 2.45) is 0 Å². The minimum Gasteiger partial charge on any atom is -0.478 e. The van der Waals surface area contributed by atoms with Gasteiger partial charge >= 0.3 is 0 Å². The van der Waals surface area contributed by atoms with Gasteiger partial charge in [0.15, 0.2) is 5.60 Å². The van der Waals surface area contributed by atoms with Crippen molar-refractivity contribution in [2.75, 3.05) is 37.7 Å². The first-order valence-corrected chi connectivity index (χ1v) is 12.7. The van der Waals surface area contributed by atoms with Crippen molar-refractivity contribution in [1.82, 2.24) is 9.80 Å². The van der Waals surface area contributed by atoms with E-state index in [2.05, 4.69) is 10.2 Å². The van der Waals surface area contributed by atoms with Gasteiger partial charge in [0.2, 0.25) is 5.91 Å². The van der Waals surface area contributed by atoms with Crippen LogP contribution in [-0.4, -0.2) is 59.9 Å². The number of nitrogens with one attached hydrogen (secondary N) is 1. The van der Waals surface area contributed by atoms with E-state index in [1.165, 1.54) is 0 Å². The molecule has 1 saturated heterocycles. The molecule has 2 amide bonds. The summed E-state index contributed by atoms with van der Waals surface area (Å²) in [6.07, 6.45) is 1.63. The second-order valence-electron chi connectivity index (χ2n) is 10.7. The van der Waals surface area contributed by atoms with Gasteiger partial charge in [0, 0.05) is 37.6 Å². The zero-order valence-corrected chi connectivity index (χ0v) is 23.1. The first kappa shape index (κ1) is 27.5. The number of hydrogen-bond donors (Lipinski definition) is 2. The molecule has 1 aliphatic rings. The van der Waals surface area contributed by atoms with Gasteiger partial charge in [0.05, 0.1) is 6.54 Å². The number of benzene rings is 2. The Balaban J connectivity index is 1.56. The second kappa shape index (κ2) is 10.9. The van der Waals surface area contributed by atoms with E-state index < -0.39 is 5.60 Å². The molecule has 1 fully saturated rings. The number of likely N-dealkylation sites (tertiary alicyclic amines) is 1. The lowest BCUT2D eigenvalue weighted by molar-refractivity contribution is -0.147. The fourth-order valence-electron chi connectivity index (χ4n) is 4.94. The lowest BCUT2D eigenvalue weighted by Gasteiger charge is -2.39. The van der Waals surface area contributed by atoms with Crippen LogP contribution < -0.4 is 15.8 Å². The number of carbonyl (C=O) groups is 2. The number of rotatable bonds is 7. The Kier molecular flexibility index (Phi) is 8.34. The number of para-hydroxylation sites is 1. The molecule has 0 unspecified atom stereocenters. The molecule has 0 saturated carbocycles. The molecule has 0 aromatic heterocycles. The molecule has 7 heteroatoms. The van der Waals surface area contributed by atoms with Gasteiger partial charge < -0.3 is 20.7 Å². The molecular formula is C29H42N4O3. The molecule has 0 atom stereocenters. The summed E-state index contributed by atoms with van der Waals surface area (Å²) in [5, 5.41) is 3.07. The van der Waals surface area contributed by atoms with E-state index in [-0.39, 0.29) is 17.9 Å². The van der Waals surface area contributed by atoms with Gasteiger partial charge in [0.25, 0.3) is 5.91 Å². The summed E-state index contributed by atoms with van der Waals surface area (Å²) in [4.78, 5) is 30.1. The van der Waals surface area contributed by atoms with Gasteiger partial charge in [0.1, 0.15) is 5.75 Å². The summed E-state index contributed by atoms with van der Waals surface area (Å²) >= 11 is 0. The number of carbonyl (C=O) groups excluding carboxylic acids is 2. The van der Waals surface area contributed by atoms with Gasteiger partial charge in [-0.15, -0.1) is 0 Å². The number of anilines is 2. The Morgan fingerprint density at radius 3 is 2.22 bits per heavy atom. The molecule has 1 aliphatic heterocycles. The maximum atomic E-state index is 13.4. The van der Waals surface area contributed by atoms with Crippen LogP contribution in [0.5, 0.6) is 5.75 Å². The quantitative estimate of drug-likeness (QED) is 0.552. The minimum atomic E-state index is -1.02. The zero-order chi connectivity index (χ0) is 26.8. The first-order valence-electron chi connectivity index (χ1n) is 12.7. The number of aryl methyl sites for hydroxylation is 3. The van der Waals surface area contributed by atoms with Gasteiger partial charge in [-0.3, -0.25) is 14.5 Å². The van der Waals surface area contributed by atoms with Crippen molar-refractivity contribution < 1.29 is 14.3 Å². The molecule has 0 bridgehead atoms. The minimum absolute atomic E-state index is 0.00531. The number of hydrogen-bond acceptors (Lipinski definition) is 5. The van der Waals surface area contributed by atoms with E-state index in [1.807, 2.05) is 84.7 Å². The van der Waals surface area contributed by atoms with E-state index in [0.29, 0.717) is 12.3 Å². The van der Waals surface area contributed by atoms with Gasteiger partial charge in [-0.25, -0.2) is 0 Å². The SMILES string of the molecule is Cc1cc(OC(C)(C)C(=O)N(C)C2CCN(CC(=O)Nc3c(C)cccc3C)CC2)c(C)c(C)c1N. The number of nitrogen functional groups attached to an aromatic ring is 1. The summed E-state index contributed by atoms with van der Waals surface area (Å²) in [6.45, 7) is 15.4. The average molecular weight is 495 g/mol. The van der Waals surface area contributed by atoms with Crippen molar-refractivity contribution in [3.8, 4) is 5.75 Å². The average Bonchev–Trinajstić information content (AvgIpc) is 2.83. The Hall–Kier alpha value is -3.06. The summed E-state index contributed by atoms with van der Waals surface area (Å²) < 4.78 is 6.26. The molecule has 36 heavy (non-hydrogen) atoms. The topological polar surface area (TPSA) is 87.9 Å². The van der Waals surface area contributed by atoms with Crippen molar-refractivity contribution in [2.45, 2.75) is 73.0 Å². The highest BCUT2D eigenvalue weighted by molar-refractivity contribution is 5.93. The van der Waals surface area contributed by atoms with Crippen LogP contribution >= 0.6 is 0 Å². The maximum absolute atomic E-state index is 13.4. The molecule has 3 rings (SSSR count). The third-order valence-corrected chi connectivity index (χ3v) is 7.53. The van der Waals surface area contributed by atoms with Crippen LogP contribution in [0.3, 0.4) is 0 Å². The zero-order valence-electron chi connectivity index (χ0n) is 23.1. The lowest BCUT2D eigenvalue weighted by Crippen LogP contribution is -2.54. The monoisotopic (exact) mass is 494 g/mol. The Morgan fingerprint density at radius 1 is 1.06 bits per heavy atom. The summed E-state index contributed by atoms with van der Waals surface area (Å²) in [7, 11) is 1.85. The van der Waals surface area contributed by atoms with Crippen LogP contribution in [0.15, 0.2) is 24.3 Å². The molecular weight excluding hydrogens is 452 g/mol. The summed E-state index contributed by atoms with van der Waals surface area (Å²) in [6, 6.07) is 8.02. The first-order chi connectivity index (χ1) is 16.8. The number of ether oxygens (including phenoxy) is 1. The smallest absolute Gasteiger partial charge is 0.266 e. The molecule has 0 spiro atoms. The van der Waals surface area contributed by atoms with Gasteiger partial charge in [-0.1, -0.05) is 18.2 Å².